The lowest BCUT2D eigenvalue weighted by molar-refractivity contribution is -0.858. The van der Waals surface area contributed by atoms with Crippen LogP contribution in [0, 0.1) is 47.3 Å². The number of allylic oxidation sites excluding steroid dienone is 4. The third-order valence-electron chi connectivity index (χ3n) is 23.1. The van der Waals surface area contributed by atoms with Crippen LogP contribution in [0.15, 0.2) is 110 Å². The van der Waals surface area contributed by atoms with E-state index in [1.165, 1.54) is 130 Å². The van der Waals surface area contributed by atoms with Gasteiger partial charge >= 0.3 is 0 Å². The van der Waals surface area contributed by atoms with Crippen LogP contribution in [0.25, 0.3) is 33.9 Å². The van der Waals surface area contributed by atoms with E-state index in [4.69, 9.17) is 30.1 Å². The molecule has 6 N–H and O–H groups in total. The van der Waals surface area contributed by atoms with Crippen molar-refractivity contribution in [3.63, 3.8) is 0 Å². The maximum Gasteiger partial charge on any atom is 0.262 e. The minimum atomic E-state index is -1.16. The second kappa shape index (κ2) is 40.6. The summed E-state index contributed by atoms with van der Waals surface area (Å²) < 4.78 is 0. The molecule has 0 spiro atoms. The Kier molecular flexibility index (Phi) is 31.8. The average molecular weight is 1540 g/mol. The third kappa shape index (κ3) is 24.6. The molecule has 12 rings (SSSR count). The first-order chi connectivity index (χ1) is 52.5. The number of amides is 4. The molecule has 4 fully saturated rings. The molecule has 4 aliphatic carbocycles. The van der Waals surface area contributed by atoms with E-state index >= 15 is 0 Å². The number of benzene rings is 2. The average Bonchev–Trinajstić information content (AvgIpc) is 1.62. The van der Waals surface area contributed by atoms with Crippen molar-refractivity contribution in [3.05, 3.63) is 151 Å². The Morgan fingerprint density at radius 2 is 0.818 bits per heavy atom. The van der Waals surface area contributed by atoms with Crippen LogP contribution in [0.2, 0.25) is 0 Å². The minimum absolute atomic E-state index is 0.0877. The number of carbonyl (C=O) groups is 6. The van der Waals surface area contributed by atoms with Gasteiger partial charge in [-0.3, -0.25) is 19.2 Å². The zero-order valence-electron chi connectivity index (χ0n) is 67.2. The maximum atomic E-state index is 13.5. The lowest BCUT2D eigenvalue weighted by Gasteiger charge is -2.41. The molecule has 2 aromatic carbocycles. The highest BCUT2D eigenvalue weighted by molar-refractivity contribution is 7.14. The second-order valence-electron chi connectivity index (χ2n) is 34.1. The molecular weight excluding hydrogens is 1420 g/mol. The highest BCUT2D eigenvalue weighted by atomic mass is 32.1. The Morgan fingerprint density at radius 1 is 0.482 bits per heavy atom. The lowest BCUT2D eigenvalue weighted by atomic mass is 9.71. The van der Waals surface area contributed by atoms with Crippen molar-refractivity contribution >= 4 is 69.4 Å². The van der Waals surface area contributed by atoms with Gasteiger partial charge in [0.25, 0.3) is 11.8 Å². The smallest absolute Gasteiger partial charge is 0.262 e. The first-order valence-electron chi connectivity index (χ1n) is 40.3. The molecule has 6 heterocycles. The van der Waals surface area contributed by atoms with Gasteiger partial charge in [0.2, 0.25) is 11.8 Å². The lowest BCUT2D eigenvalue weighted by Crippen LogP contribution is -3.06. The number of nitrogens with one attached hydrogen (secondary N) is 4. The van der Waals surface area contributed by atoms with Crippen molar-refractivity contribution in [2.45, 2.75) is 194 Å². The van der Waals surface area contributed by atoms with Crippen molar-refractivity contribution in [2.24, 2.45) is 47.3 Å². The number of carbonyl (C=O) groups excluding carboxylic acids is 6. The van der Waals surface area contributed by atoms with E-state index in [1.807, 2.05) is 114 Å². The zero-order valence-corrected chi connectivity index (χ0v) is 68.8. The maximum absolute atomic E-state index is 13.5. The molecule has 6 aromatic rings. The summed E-state index contributed by atoms with van der Waals surface area (Å²) in [6.07, 6.45) is 33.9. The number of likely N-dealkylation sites (N-methyl/N-ethyl adjacent to an activating group) is 2. The van der Waals surface area contributed by atoms with Crippen LogP contribution in [-0.2, 0) is 42.8 Å². The molecule has 6 aliphatic rings. The fraction of sp³-hybridized carbons (Fsp3) is 0.568. The number of thiophene rings is 2. The number of rotatable bonds is 24. The molecule has 596 valence electrons. The molecule has 4 amide bonds. The second-order valence-corrected chi connectivity index (χ2v) is 36.2. The van der Waals surface area contributed by atoms with Gasteiger partial charge < -0.3 is 60.2 Å². The molecule has 0 bridgehead atoms. The predicted octanol–water partition coefficient (Wildman–Crippen LogP) is 9.15. The molecule has 2 unspecified atom stereocenters. The topological polar surface area (TPSA) is 280 Å². The predicted molar refractivity (Wildman–Crippen MR) is 433 cm³/mol. The van der Waals surface area contributed by atoms with Gasteiger partial charge in [0, 0.05) is 120 Å². The molecule has 22 heteroatoms. The largest absolute Gasteiger partial charge is 0.550 e. The number of likely N-dealkylation sites (tertiary alicyclic amines) is 2. The van der Waals surface area contributed by atoms with Crippen molar-refractivity contribution in [1.29, 1.82) is 0 Å². The SMILES string of the molecule is CCC1CCC(C2CC=C(c3cnc(-c4ccc(C[C@H](NC(=O)c5ccc(C(C)(C)C)s5)C(=O)N5CC(C(=O)[O-])C5)cc4)nc3)CC2)CC1.CCC1CCC(C2CC=C(c3cnc(-c4ccc(C[C@H](NC(=O)c5ccc(C(C)(C)C)s5)C(=O)N5CC(C(=O)[O-])C5)cc4)nc3)CC2)CC1.C[NH+](C)CCO.C[NH+](C)CCO. The van der Waals surface area contributed by atoms with Crippen molar-refractivity contribution in [3.8, 4) is 22.8 Å². The Balaban J connectivity index is 0.000000220. The fourth-order valence-corrected chi connectivity index (χ4v) is 17.6. The molecular formula is C88H122N10O10S2. The van der Waals surface area contributed by atoms with Crippen LogP contribution < -0.4 is 30.6 Å². The van der Waals surface area contributed by atoms with E-state index in [-0.39, 0.29) is 73.5 Å². The molecule has 4 aromatic heterocycles. The molecule has 110 heavy (non-hydrogen) atoms. The van der Waals surface area contributed by atoms with E-state index in [1.54, 1.807) is 12.1 Å². The van der Waals surface area contributed by atoms with E-state index in [9.17, 15) is 39.0 Å². The zero-order chi connectivity index (χ0) is 79.4. The number of aliphatic hydroxyl groups excluding tert-OH is 2. The van der Waals surface area contributed by atoms with Crippen LogP contribution in [0.5, 0.6) is 0 Å². The van der Waals surface area contributed by atoms with Crippen LogP contribution >= 0.6 is 22.7 Å². The Labute approximate surface area is 661 Å². The minimum Gasteiger partial charge on any atom is -0.550 e. The summed E-state index contributed by atoms with van der Waals surface area (Å²) >= 11 is 2.83. The summed E-state index contributed by atoms with van der Waals surface area (Å²) in [4.78, 5) is 104. The summed E-state index contributed by atoms with van der Waals surface area (Å²) in [6.45, 7) is 19.8. The van der Waals surface area contributed by atoms with Crippen molar-refractivity contribution < 1.29 is 59.0 Å². The van der Waals surface area contributed by atoms with Crippen LogP contribution in [0.3, 0.4) is 0 Å². The van der Waals surface area contributed by atoms with Gasteiger partial charge in [0.15, 0.2) is 11.6 Å². The van der Waals surface area contributed by atoms with Crippen LogP contribution in [0.4, 0.5) is 0 Å². The van der Waals surface area contributed by atoms with Gasteiger partial charge in [-0.1, -0.05) is 155 Å². The van der Waals surface area contributed by atoms with Gasteiger partial charge in [0.05, 0.1) is 51.2 Å². The molecule has 0 radical (unpaired) electrons. The number of aliphatic carboxylic acids is 2. The number of aliphatic hydroxyl groups is 2. The number of aromatic nitrogens is 4. The number of hydrogen-bond acceptors (Lipinski definition) is 16. The van der Waals surface area contributed by atoms with Crippen molar-refractivity contribution in [1.82, 2.24) is 40.4 Å². The van der Waals surface area contributed by atoms with E-state index in [0.717, 1.165) is 117 Å². The highest BCUT2D eigenvalue weighted by Gasteiger charge is 2.39. The summed E-state index contributed by atoms with van der Waals surface area (Å²) in [5.41, 5.74) is 8.18. The molecule has 2 saturated heterocycles. The third-order valence-corrected chi connectivity index (χ3v) is 26.2. The monoisotopic (exact) mass is 1540 g/mol. The normalized spacial score (nSPS) is 20.8. The van der Waals surface area contributed by atoms with Crippen LogP contribution in [-0.4, -0.2) is 168 Å². The van der Waals surface area contributed by atoms with Gasteiger partial charge in [-0.05, 0) is 157 Å². The van der Waals surface area contributed by atoms with E-state index in [2.05, 4.69) is 78.2 Å². The highest BCUT2D eigenvalue weighted by Crippen LogP contribution is 2.44. The first kappa shape index (κ1) is 86.1. The van der Waals surface area contributed by atoms with Gasteiger partial charge in [-0.2, -0.15) is 0 Å². The molecule has 2 aliphatic heterocycles. The van der Waals surface area contributed by atoms with E-state index < -0.39 is 35.9 Å². The standard InChI is InChI=1S/2C40H50N4O4S.2C4H11NO/c2*1-5-25-6-10-27(11-7-25)28-14-16-29(17-15-28)31-21-41-36(42-22-31)30-12-8-26(9-13-30)20-33(38(46)44-23-32(24-44)39(47)48)43-37(45)34-18-19-35(49-34)40(2,3)4;2*1-5(2)3-4-6/h2*8-9,12-13,16,18-19,21-22,25,27-28,32-33H,5-7,10-11,14-15,17,20,23-24H2,1-4H3,(H,43,45)(H,47,48);2*6H,3-4H2,1-2H3/t2*25?,27?,28?,33-;;/m00../s1. The number of hydrogen-bond donors (Lipinski definition) is 6. The number of carboxylic acid groups (broad SMARTS) is 2. The van der Waals surface area contributed by atoms with Crippen LogP contribution in [0.1, 0.15) is 209 Å². The Bertz CT molecular complexity index is 3760. The van der Waals surface area contributed by atoms with Crippen molar-refractivity contribution in [2.75, 3.05) is 80.7 Å². The first-order valence-corrected chi connectivity index (χ1v) is 42.0. The Hall–Kier alpha value is -7.86. The number of nitrogens with zero attached hydrogens (tertiary/aromatic N) is 6. The summed E-state index contributed by atoms with van der Waals surface area (Å²) in [6, 6.07) is 21.3. The quantitative estimate of drug-likeness (QED) is 0.0330. The summed E-state index contributed by atoms with van der Waals surface area (Å²) in [5.74, 6) is 1.63. The molecule has 20 nitrogen and oxygen atoms in total. The summed E-state index contributed by atoms with van der Waals surface area (Å²) in [5, 5.41) is 44.8. The Morgan fingerprint density at radius 3 is 1.07 bits per heavy atom. The van der Waals surface area contributed by atoms with E-state index in [0.29, 0.717) is 34.6 Å². The fourth-order valence-electron chi connectivity index (χ4n) is 15.7. The van der Waals surface area contributed by atoms with Gasteiger partial charge in [-0.25, -0.2) is 19.9 Å². The molecule has 2 saturated carbocycles. The molecule has 4 atom stereocenters. The number of carboxylic acids is 2. The summed E-state index contributed by atoms with van der Waals surface area (Å²) in [7, 11) is 8.04. The van der Waals surface area contributed by atoms with Gasteiger partial charge in [-0.15, -0.1) is 22.7 Å². The van der Waals surface area contributed by atoms with Gasteiger partial charge in [0.1, 0.15) is 25.2 Å². The number of quaternary nitrogens is 2.